The summed E-state index contributed by atoms with van der Waals surface area (Å²) >= 11 is 0. The van der Waals surface area contributed by atoms with E-state index in [9.17, 15) is 14.7 Å². The van der Waals surface area contributed by atoms with Gasteiger partial charge in [-0.1, -0.05) is 50.6 Å². The van der Waals surface area contributed by atoms with Crippen molar-refractivity contribution in [1.82, 2.24) is 5.32 Å². The molecule has 0 radical (unpaired) electrons. The Kier molecular flexibility index (Phi) is 5.74. The molecule has 110 valence electrons. The number of benzene rings is 1. The number of hydrogen-bond acceptors (Lipinski definition) is 2. The van der Waals surface area contributed by atoms with E-state index in [1.807, 2.05) is 44.2 Å². The molecule has 0 saturated heterocycles. The van der Waals surface area contributed by atoms with Gasteiger partial charge in [0.25, 0.3) is 0 Å². The van der Waals surface area contributed by atoms with Crippen LogP contribution in [0.2, 0.25) is 0 Å². The fourth-order valence-electron chi connectivity index (χ4n) is 2.26. The summed E-state index contributed by atoms with van der Waals surface area (Å²) in [5, 5.41) is 11.9. The molecule has 0 aliphatic heterocycles. The van der Waals surface area contributed by atoms with Crippen molar-refractivity contribution >= 4 is 11.9 Å². The van der Waals surface area contributed by atoms with E-state index in [1.165, 1.54) is 0 Å². The average molecular weight is 277 g/mol. The molecule has 0 aromatic heterocycles. The van der Waals surface area contributed by atoms with E-state index in [-0.39, 0.29) is 18.2 Å². The normalized spacial score (nSPS) is 15.2. The van der Waals surface area contributed by atoms with Gasteiger partial charge in [0.05, 0.1) is 0 Å². The molecule has 1 amide bonds. The van der Waals surface area contributed by atoms with Crippen molar-refractivity contribution < 1.29 is 14.7 Å². The van der Waals surface area contributed by atoms with Gasteiger partial charge in [-0.15, -0.1) is 0 Å². The van der Waals surface area contributed by atoms with Crippen LogP contribution in [-0.2, 0) is 9.59 Å². The van der Waals surface area contributed by atoms with Crippen molar-refractivity contribution in [3.05, 3.63) is 35.9 Å². The van der Waals surface area contributed by atoms with Crippen LogP contribution in [0.4, 0.5) is 0 Å². The first kappa shape index (κ1) is 16.2. The molecule has 1 aromatic rings. The summed E-state index contributed by atoms with van der Waals surface area (Å²) in [6.45, 7) is 5.43. The maximum atomic E-state index is 12.0. The van der Waals surface area contributed by atoms with Crippen molar-refractivity contribution in [1.29, 1.82) is 0 Å². The van der Waals surface area contributed by atoms with E-state index in [1.54, 1.807) is 6.92 Å². The van der Waals surface area contributed by atoms with Gasteiger partial charge >= 0.3 is 5.97 Å². The van der Waals surface area contributed by atoms with Gasteiger partial charge in [-0.2, -0.15) is 0 Å². The molecule has 2 N–H and O–H groups in total. The quantitative estimate of drug-likeness (QED) is 0.805. The Bertz CT molecular complexity index is 458. The Morgan fingerprint density at radius 2 is 1.90 bits per heavy atom. The van der Waals surface area contributed by atoms with Gasteiger partial charge in [0.15, 0.2) is 0 Å². The highest BCUT2D eigenvalue weighted by molar-refractivity contribution is 5.86. The number of amides is 1. The molecular weight excluding hydrogens is 254 g/mol. The zero-order valence-corrected chi connectivity index (χ0v) is 12.3. The molecule has 0 aliphatic rings. The molecule has 0 fully saturated rings. The topological polar surface area (TPSA) is 66.4 Å². The van der Waals surface area contributed by atoms with Gasteiger partial charge < -0.3 is 10.4 Å². The zero-order chi connectivity index (χ0) is 15.2. The van der Waals surface area contributed by atoms with Crippen LogP contribution in [-0.4, -0.2) is 22.5 Å². The first-order valence-corrected chi connectivity index (χ1v) is 6.98. The summed E-state index contributed by atoms with van der Waals surface area (Å²) < 4.78 is 0. The number of carboxylic acids is 1. The first-order valence-electron chi connectivity index (χ1n) is 6.98. The molecule has 0 bridgehead atoms. The lowest BCUT2D eigenvalue weighted by Gasteiger charge is -2.26. The van der Waals surface area contributed by atoms with E-state index >= 15 is 0 Å². The highest BCUT2D eigenvalue weighted by Crippen LogP contribution is 2.20. The second-order valence-corrected chi connectivity index (χ2v) is 5.45. The minimum Gasteiger partial charge on any atom is -0.480 e. The van der Waals surface area contributed by atoms with Crippen molar-refractivity contribution in [3.8, 4) is 0 Å². The van der Waals surface area contributed by atoms with Crippen molar-refractivity contribution in [2.75, 3.05) is 0 Å². The highest BCUT2D eigenvalue weighted by Gasteiger charge is 2.33. The van der Waals surface area contributed by atoms with Gasteiger partial charge in [-0.3, -0.25) is 4.79 Å². The Morgan fingerprint density at radius 3 is 2.40 bits per heavy atom. The van der Waals surface area contributed by atoms with E-state index in [0.717, 1.165) is 5.56 Å². The lowest BCUT2D eigenvalue weighted by atomic mass is 9.94. The van der Waals surface area contributed by atoms with Crippen LogP contribution in [0.1, 0.15) is 51.5 Å². The third kappa shape index (κ3) is 4.37. The number of carbonyl (C=O) groups excluding carboxylic acids is 1. The van der Waals surface area contributed by atoms with Crippen LogP contribution in [0.25, 0.3) is 0 Å². The van der Waals surface area contributed by atoms with Crippen LogP contribution in [0.3, 0.4) is 0 Å². The van der Waals surface area contributed by atoms with E-state index in [0.29, 0.717) is 12.8 Å². The van der Waals surface area contributed by atoms with Gasteiger partial charge in [-0.25, -0.2) is 4.79 Å². The van der Waals surface area contributed by atoms with Crippen LogP contribution >= 0.6 is 0 Å². The average Bonchev–Trinajstić information content (AvgIpc) is 2.39. The number of rotatable bonds is 7. The van der Waals surface area contributed by atoms with Crippen LogP contribution < -0.4 is 5.32 Å². The molecule has 0 heterocycles. The molecule has 4 heteroatoms. The van der Waals surface area contributed by atoms with E-state index < -0.39 is 11.5 Å². The van der Waals surface area contributed by atoms with Gasteiger partial charge in [0, 0.05) is 6.42 Å². The van der Waals surface area contributed by atoms with E-state index in [2.05, 4.69) is 5.32 Å². The molecule has 0 aliphatic carbocycles. The maximum absolute atomic E-state index is 12.0. The SMILES string of the molecule is CCCC(C)(NC(=O)CC(C)c1ccccc1)C(=O)O. The minimum atomic E-state index is -1.18. The lowest BCUT2D eigenvalue weighted by molar-refractivity contribution is -0.147. The number of carbonyl (C=O) groups is 2. The Balaban J connectivity index is 2.65. The van der Waals surface area contributed by atoms with E-state index in [4.69, 9.17) is 0 Å². The molecule has 1 aromatic carbocycles. The summed E-state index contributed by atoms with van der Waals surface area (Å²) in [5.41, 5.74) is -0.0995. The minimum absolute atomic E-state index is 0.0656. The van der Waals surface area contributed by atoms with Crippen LogP contribution in [0, 0.1) is 0 Å². The molecule has 1 rings (SSSR count). The molecule has 0 saturated carbocycles. The summed E-state index contributed by atoms with van der Waals surface area (Å²) in [4.78, 5) is 23.3. The summed E-state index contributed by atoms with van der Waals surface area (Å²) in [6.07, 6.45) is 1.42. The number of carboxylic acid groups (broad SMARTS) is 1. The van der Waals surface area contributed by atoms with Crippen molar-refractivity contribution in [3.63, 3.8) is 0 Å². The number of hydrogen-bond donors (Lipinski definition) is 2. The fourth-order valence-corrected chi connectivity index (χ4v) is 2.26. The second-order valence-electron chi connectivity index (χ2n) is 5.45. The molecule has 2 unspecified atom stereocenters. The monoisotopic (exact) mass is 277 g/mol. The number of aliphatic carboxylic acids is 1. The third-order valence-electron chi connectivity index (χ3n) is 3.50. The predicted molar refractivity (Wildman–Crippen MR) is 78.6 cm³/mol. The molecule has 0 spiro atoms. The first-order chi connectivity index (χ1) is 9.39. The van der Waals surface area contributed by atoms with Gasteiger partial charge in [0.1, 0.15) is 5.54 Å². The smallest absolute Gasteiger partial charge is 0.329 e. The summed E-state index contributed by atoms with van der Waals surface area (Å²) in [5.74, 6) is -1.14. The standard InChI is InChI=1S/C16H23NO3/c1-4-10-16(3,15(19)20)17-14(18)11-12(2)13-8-6-5-7-9-13/h5-9,12H,4,10-11H2,1-3H3,(H,17,18)(H,19,20). The molecule has 20 heavy (non-hydrogen) atoms. The third-order valence-corrected chi connectivity index (χ3v) is 3.50. The maximum Gasteiger partial charge on any atom is 0.329 e. The lowest BCUT2D eigenvalue weighted by Crippen LogP contribution is -2.52. The van der Waals surface area contributed by atoms with Crippen molar-refractivity contribution in [2.45, 2.75) is 51.5 Å². The zero-order valence-electron chi connectivity index (χ0n) is 12.3. The largest absolute Gasteiger partial charge is 0.480 e. The second kappa shape index (κ2) is 7.08. The molecule has 4 nitrogen and oxygen atoms in total. The Labute approximate surface area is 120 Å². The Hall–Kier alpha value is -1.84. The van der Waals surface area contributed by atoms with Gasteiger partial charge in [0.2, 0.25) is 5.91 Å². The summed E-state index contributed by atoms with van der Waals surface area (Å²) in [6, 6.07) is 9.74. The molecule has 2 atom stereocenters. The van der Waals surface area contributed by atoms with Crippen LogP contribution in [0.15, 0.2) is 30.3 Å². The van der Waals surface area contributed by atoms with Crippen molar-refractivity contribution in [2.24, 2.45) is 0 Å². The fraction of sp³-hybridized carbons (Fsp3) is 0.500. The van der Waals surface area contributed by atoms with Gasteiger partial charge in [-0.05, 0) is 24.8 Å². The Morgan fingerprint density at radius 1 is 1.30 bits per heavy atom. The van der Waals surface area contributed by atoms with Crippen LogP contribution in [0.5, 0.6) is 0 Å². The number of nitrogens with one attached hydrogen (secondary N) is 1. The highest BCUT2D eigenvalue weighted by atomic mass is 16.4. The predicted octanol–water partition coefficient (Wildman–Crippen LogP) is 2.94. The summed E-state index contributed by atoms with van der Waals surface area (Å²) in [7, 11) is 0. The molecular formula is C16H23NO3.